The van der Waals surface area contributed by atoms with Crippen LogP contribution in [0.1, 0.15) is 25.0 Å². The van der Waals surface area contributed by atoms with Gasteiger partial charge in [0.05, 0.1) is 17.9 Å². The highest BCUT2D eigenvalue weighted by atomic mass is 32.2. The van der Waals surface area contributed by atoms with E-state index >= 15 is 0 Å². The monoisotopic (exact) mass is 386 g/mol. The second kappa shape index (κ2) is 8.94. The van der Waals surface area contributed by atoms with Crippen LogP contribution >= 0.6 is 11.8 Å². The van der Waals surface area contributed by atoms with Crippen LogP contribution in [0.2, 0.25) is 0 Å². The zero-order chi connectivity index (χ0) is 19.2. The van der Waals surface area contributed by atoms with E-state index in [2.05, 4.69) is 27.1 Å². The third kappa shape index (κ3) is 5.50. The van der Waals surface area contributed by atoms with Crippen LogP contribution in [-0.2, 0) is 4.79 Å². The molecule has 0 radical (unpaired) electrons. The molecule has 0 atom stereocenters. The number of H-pyrrole nitrogens is 1. The molecule has 0 aromatic carbocycles. The van der Waals surface area contributed by atoms with Crippen LogP contribution in [0.3, 0.4) is 0 Å². The Morgan fingerprint density at radius 2 is 2.33 bits per heavy atom. The predicted molar refractivity (Wildman–Crippen MR) is 111 cm³/mol. The maximum Gasteiger partial charge on any atom is 0.225 e. The number of amides is 1. The number of amidine groups is 1. The average molecular weight is 387 g/mol. The van der Waals surface area contributed by atoms with Crippen LogP contribution in [0, 0.1) is 5.92 Å². The number of aromatic nitrogens is 2. The summed E-state index contributed by atoms with van der Waals surface area (Å²) in [5, 5.41) is 10.4. The summed E-state index contributed by atoms with van der Waals surface area (Å²) in [7, 11) is 1.88. The molecule has 2 heterocycles. The Balaban J connectivity index is 1.56. The average Bonchev–Trinajstić information content (AvgIpc) is 3.34. The number of carbonyl (C=O) groups excluding carboxylic acids is 1. The zero-order valence-electron chi connectivity index (χ0n) is 15.6. The smallest absolute Gasteiger partial charge is 0.225 e. The van der Waals surface area contributed by atoms with Crippen molar-refractivity contribution in [3.05, 3.63) is 47.3 Å². The molecule has 0 spiro atoms. The zero-order valence-corrected chi connectivity index (χ0v) is 16.4. The number of hydrogen-bond donors (Lipinski definition) is 3. The number of carbonyl (C=O) groups is 1. The second-order valence-corrected chi connectivity index (χ2v) is 7.84. The Morgan fingerprint density at radius 1 is 1.52 bits per heavy atom. The van der Waals surface area contributed by atoms with Gasteiger partial charge in [-0.25, -0.2) is 0 Å². The first-order valence-corrected chi connectivity index (χ1v) is 9.93. The quantitative estimate of drug-likeness (QED) is 0.623. The molecule has 2 aliphatic rings. The summed E-state index contributed by atoms with van der Waals surface area (Å²) in [5.74, 6) is 0.990. The van der Waals surface area contributed by atoms with Crippen molar-refractivity contribution in [2.45, 2.75) is 19.3 Å². The van der Waals surface area contributed by atoms with E-state index in [9.17, 15) is 4.79 Å². The van der Waals surface area contributed by atoms with Gasteiger partial charge in [0.2, 0.25) is 5.91 Å². The first-order valence-electron chi connectivity index (χ1n) is 9.12. The summed E-state index contributed by atoms with van der Waals surface area (Å²) >= 11 is 1.55. The molecule has 144 valence electrons. The number of thioether (sulfide) groups is 1. The SMILES string of the molecule is C=C1S/C(c2ccn[nH]2)=C\CN=C(N)C=C1NCCCN(C)C(=O)C1CC1. The molecule has 7 nitrogen and oxygen atoms in total. The van der Waals surface area contributed by atoms with Gasteiger partial charge in [-0.05, 0) is 31.4 Å². The fourth-order valence-electron chi connectivity index (χ4n) is 2.74. The van der Waals surface area contributed by atoms with Crippen LogP contribution in [0.25, 0.3) is 4.91 Å². The number of aliphatic imine (C=N–C) groups is 1. The standard InChI is InChI=1S/C19H26N6OS/c1-13-16(21-8-3-11-25(2)19(26)14-4-5-14)12-18(20)22-9-7-17(27-13)15-6-10-23-24-15/h6-7,10,12,14,21H,1,3-5,8-9,11H2,2H3,(H2,20,22)(H,23,24)/b16-12?,17-7-. The third-order valence-electron chi connectivity index (χ3n) is 4.43. The highest BCUT2D eigenvalue weighted by molar-refractivity contribution is 8.12. The van der Waals surface area contributed by atoms with Crippen molar-refractivity contribution in [1.82, 2.24) is 20.4 Å². The highest BCUT2D eigenvalue weighted by Crippen LogP contribution is 2.35. The number of nitrogens with one attached hydrogen (secondary N) is 2. The Hall–Kier alpha value is -2.48. The van der Waals surface area contributed by atoms with Crippen molar-refractivity contribution in [2.24, 2.45) is 16.6 Å². The lowest BCUT2D eigenvalue weighted by molar-refractivity contribution is -0.131. The molecule has 0 unspecified atom stereocenters. The summed E-state index contributed by atoms with van der Waals surface area (Å²) in [6.45, 7) is 6.15. The van der Waals surface area contributed by atoms with E-state index in [0.717, 1.165) is 53.6 Å². The van der Waals surface area contributed by atoms with E-state index in [-0.39, 0.29) is 11.8 Å². The van der Waals surface area contributed by atoms with E-state index in [0.29, 0.717) is 12.4 Å². The molecule has 4 N–H and O–H groups in total. The molecule has 8 heteroatoms. The van der Waals surface area contributed by atoms with Crippen molar-refractivity contribution in [2.75, 3.05) is 26.7 Å². The minimum Gasteiger partial charge on any atom is -0.384 e. The van der Waals surface area contributed by atoms with E-state index in [4.69, 9.17) is 5.73 Å². The van der Waals surface area contributed by atoms with Gasteiger partial charge in [0.1, 0.15) is 5.84 Å². The minimum atomic E-state index is 0.264. The lowest BCUT2D eigenvalue weighted by Crippen LogP contribution is -2.31. The van der Waals surface area contributed by atoms with Crippen LogP contribution in [0.4, 0.5) is 0 Å². The van der Waals surface area contributed by atoms with Gasteiger partial charge in [-0.3, -0.25) is 14.9 Å². The summed E-state index contributed by atoms with van der Waals surface area (Å²) in [5.41, 5.74) is 7.78. The molecule has 0 bridgehead atoms. The molecule has 1 aliphatic heterocycles. The molecule has 1 aliphatic carbocycles. The van der Waals surface area contributed by atoms with Gasteiger partial charge in [-0.1, -0.05) is 18.3 Å². The van der Waals surface area contributed by atoms with Gasteiger partial charge >= 0.3 is 0 Å². The second-order valence-electron chi connectivity index (χ2n) is 6.70. The summed E-state index contributed by atoms with van der Waals surface area (Å²) in [6.07, 6.45) is 8.47. The van der Waals surface area contributed by atoms with Crippen molar-refractivity contribution in [1.29, 1.82) is 0 Å². The van der Waals surface area contributed by atoms with Gasteiger partial charge in [0, 0.05) is 48.1 Å². The molecule has 1 aromatic heterocycles. The summed E-state index contributed by atoms with van der Waals surface area (Å²) in [4.78, 5) is 20.1. The first kappa shape index (κ1) is 19.3. The van der Waals surface area contributed by atoms with E-state index in [1.165, 1.54) is 0 Å². The number of aromatic amines is 1. The van der Waals surface area contributed by atoms with Crippen LogP contribution in [-0.4, -0.2) is 53.5 Å². The molecular formula is C19H26N6OS. The normalized spacial score (nSPS) is 19.7. The van der Waals surface area contributed by atoms with Gasteiger partial charge in [0.15, 0.2) is 0 Å². The van der Waals surface area contributed by atoms with E-state index < -0.39 is 0 Å². The lowest BCUT2D eigenvalue weighted by Gasteiger charge is -2.18. The number of hydrogen-bond acceptors (Lipinski definition) is 6. The Labute approximate surface area is 163 Å². The Morgan fingerprint density at radius 3 is 3.04 bits per heavy atom. The van der Waals surface area contributed by atoms with Crippen LogP contribution in [0.15, 0.2) is 46.6 Å². The van der Waals surface area contributed by atoms with Gasteiger partial charge in [0.25, 0.3) is 0 Å². The van der Waals surface area contributed by atoms with Gasteiger partial charge < -0.3 is 16.0 Å². The lowest BCUT2D eigenvalue weighted by atomic mass is 10.3. The van der Waals surface area contributed by atoms with Crippen molar-refractivity contribution >= 4 is 28.4 Å². The number of nitrogens with zero attached hydrogens (tertiary/aromatic N) is 3. The molecule has 3 rings (SSSR count). The highest BCUT2D eigenvalue weighted by Gasteiger charge is 2.31. The Kier molecular flexibility index (Phi) is 6.39. The van der Waals surface area contributed by atoms with E-state index in [1.807, 2.05) is 30.2 Å². The summed E-state index contributed by atoms with van der Waals surface area (Å²) < 4.78 is 0. The Bertz CT molecular complexity index is 776. The maximum absolute atomic E-state index is 12.0. The van der Waals surface area contributed by atoms with Crippen molar-refractivity contribution < 1.29 is 4.79 Å². The predicted octanol–water partition coefficient (Wildman–Crippen LogP) is 2.10. The fraction of sp³-hybridized carbons (Fsp3) is 0.421. The fourth-order valence-corrected chi connectivity index (χ4v) is 3.62. The maximum atomic E-state index is 12.0. The molecule has 27 heavy (non-hydrogen) atoms. The molecule has 1 saturated carbocycles. The number of rotatable bonds is 7. The van der Waals surface area contributed by atoms with Crippen LogP contribution < -0.4 is 11.1 Å². The van der Waals surface area contributed by atoms with Crippen molar-refractivity contribution in [3.63, 3.8) is 0 Å². The largest absolute Gasteiger partial charge is 0.384 e. The molecule has 0 saturated heterocycles. The molecule has 1 amide bonds. The van der Waals surface area contributed by atoms with Crippen molar-refractivity contribution in [3.8, 4) is 0 Å². The minimum absolute atomic E-state index is 0.264. The number of nitrogens with two attached hydrogens (primary N) is 1. The third-order valence-corrected chi connectivity index (χ3v) is 5.50. The van der Waals surface area contributed by atoms with E-state index in [1.54, 1.807) is 18.0 Å². The first-order chi connectivity index (χ1) is 13.0. The molecular weight excluding hydrogens is 360 g/mol. The molecule has 1 aromatic rings. The van der Waals surface area contributed by atoms with Gasteiger partial charge in [-0.15, -0.1) is 0 Å². The summed E-state index contributed by atoms with van der Waals surface area (Å²) in [6, 6.07) is 1.92. The topological polar surface area (TPSA) is 99.4 Å². The molecule has 1 fully saturated rings. The van der Waals surface area contributed by atoms with Gasteiger partial charge in [-0.2, -0.15) is 5.10 Å². The van der Waals surface area contributed by atoms with Crippen LogP contribution in [0.5, 0.6) is 0 Å².